The molecule has 0 bridgehead atoms. The van der Waals surface area contributed by atoms with Gasteiger partial charge in [0.1, 0.15) is 11.6 Å². The van der Waals surface area contributed by atoms with Crippen molar-refractivity contribution >= 4 is 11.7 Å². The molecule has 0 aliphatic rings. The number of anilines is 1. The molecular formula is C15H18N4O3. The van der Waals surface area contributed by atoms with Crippen molar-refractivity contribution in [1.29, 1.82) is 0 Å². The van der Waals surface area contributed by atoms with Crippen LogP contribution in [0.1, 0.15) is 11.1 Å². The first kappa shape index (κ1) is 15.6. The van der Waals surface area contributed by atoms with E-state index in [9.17, 15) is 9.59 Å². The van der Waals surface area contributed by atoms with Gasteiger partial charge in [0.2, 0.25) is 5.91 Å². The van der Waals surface area contributed by atoms with Gasteiger partial charge in [-0.05, 0) is 24.6 Å². The Morgan fingerprint density at radius 2 is 2.05 bits per heavy atom. The lowest BCUT2D eigenvalue weighted by atomic mass is 10.2. The predicted molar refractivity (Wildman–Crippen MR) is 82.9 cm³/mol. The zero-order valence-corrected chi connectivity index (χ0v) is 12.5. The summed E-state index contributed by atoms with van der Waals surface area (Å²) in [5, 5.41) is 5.63. The molecule has 7 heteroatoms. The Morgan fingerprint density at radius 1 is 1.32 bits per heavy atom. The quantitative estimate of drug-likeness (QED) is 0.734. The second kappa shape index (κ2) is 7.26. The minimum atomic E-state index is -0.452. The largest absolute Gasteiger partial charge is 0.497 e. The number of carbonyl (C=O) groups excluding carboxylic acids is 1. The van der Waals surface area contributed by atoms with E-state index in [2.05, 4.69) is 20.6 Å². The molecule has 0 atom stereocenters. The van der Waals surface area contributed by atoms with Crippen molar-refractivity contribution in [1.82, 2.24) is 15.3 Å². The summed E-state index contributed by atoms with van der Waals surface area (Å²) in [5.41, 5.74) is 1.29. The lowest BCUT2D eigenvalue weighted by molar-refractivity contribution is -0.119. The van der Waals surface area contributed by atoms with Crippen LogP contribution in [0, 0.1) is 6.92 Å². The average Bonchev–Trinajstić information content (AvgIpc) is 2.54. The van der Waals surface area contributed by atoms with Crippen LogP contribution in [-0.4, -0.2) is 29.5 Å². The van der Waals surface area contributed by atoms with E-state index in [0.29, 0.717) is 12.4 Å². The van der Waals surface area contributed by atoms with Crippen LogP contribution in [0.4, 0.5) is 5.82 Å². The van der Waals surface area contributed by atoms with Gasteiger partial charge in [-0.3, -0.25) is 4.79 Å². The molecule has 1 amide bonds. The molecule has 0 unspecified atom stereocenters. The fourth-order valence-corrected chi connectivity index (χ4v) is 1.81. The molecule has 0 spiro atoms. The Kier molecular flexibility index (Phi) is 5.13. The van der Waals surface area contributed by atoms with Crippen LogP contribution in [0.3, 0.4) is 0 Å². The highest BCUT2D eigenvalue weighted by Crippen LogP contribution is 2.11. The average molecular weight is 302 g/mol. The smallest absolute Gasteiger partial charge is 0.346 e. The molecule has 0 aliphatic carbocycles. The minimum absolute atomic E-state index is 0.0491. The summed E-state index contributed by atoms with van der Waals surface area (Å²) in [6.45, 7) is 2.26. The summed E-state index contributed by atoms with van der Waals surface area (Å²) in [6, 6.07) is 7.44. The van der Waals surface area contributed by atoms with E-state index in [-0.39, 0.29) is 12.5 Å². The third-order valence-corrected chi connectivity index (χ3v) is 3.06. The standard InChI is InChI=1S/C15H18N4O3/c1-10-7-18-15(21)19-14(10)17-9-13(20)16-8-11-3-5-12(22-2)6-4-11/h3-7H,8-9H2,1-2H3,(H,16,20)(H2,17,18,19,21). The van der Waals surface area contributed by atoms with Gasteiger partial charge in [0, 0.05) is 18.3 Å². The molecule has 1 heterocycles. The molecule has 0 saturated carbocycles. The number of rotatable bonds is 6. The van der Waals surface area contributed by atoms with Crippen molar-refractivity contribution in [2.45, 2.75) is 13.5 Å². The highest BCUT2D eigenvalue weighted by molar-refractivity contribution is 5.80. The molecule has 0 radical (unpaired) electrons. The molecule has 2 rings (SSSR count). The topological polar surface area (TPSA) is 96.1 Å². The van der Waals surface area contributed by atoms with E-state index in [1.807, 2.05) is 24.3 Å². The first-order valence-electron chi connectivity index (χ1n) is 6.78. The van der Waals surface area contributed by atoms with E-state index in [1.54, 1.807) is 20.2 Å². The summed E-state index contributed by atoms with van der Waals surface area (Å²) < 4.78 is 5.07. The van der Waals surface area contributed by atoms with Crippen molar-refractivity contribution in [2.24, 2.45) is 0 Å². The van der Waals surface area contributed by atoms with E-state index in [0.717, 1.165) is 16.9 Å². The first-order valence-corrected chi connectivity index (χ1v) is 6.78. The predicted octanol–water partition coefficient (Wildman–Crippen LogP) is 0.815. The van der Waals surface area contributed by atoms with Crippen molar-refractivity contribution in [2.75, 3.05) is 19.0 Å². The molecule has 116 valence electrons. The number of aromatic nitrogens is 2. The summed E-state index contributed by atoms with van der Waals surface area (Å²) in [4.78, 5) is 29.2. The highest BCUT2D eigenvalue weighted by Gasteiger charge is 2.05. The number of aromatic amines is 1. The molecule has 3 N–H and O–H groups in total. The lowest BCUT2D eigenvalue weighted by Gasteiger charge is -2.09. The number of nitrogens with one attached hydrogen (secondary N) is 3. The van der Waals surface area contributed by atoms with Crippen molar-refractivity contribution in [3.05, 3.63) is 52.1 Å². The number of benzene rings is 1. The molecule has 2 aromatic rings. The Balaban J connectivity index is 1.82. The SMILES string of the molecule is COc1ccc(CNC(=O)CNc2nc(=O)[nH]cc2C)cc1. The number of amides is 1. The Hall–Kier alpha value is -2.83. The van der Waals surface area contributed by atoms with E-state index < -0.39 is 5.69 Å². The molecule has 0 saturated heterocycles. The zero-order valence-electron chi connectivity index (χ0n) is 12.5. The molecule has 1 aromatic heterocycles. The summed E-state index contributed by atoms with van der Waals surface area (Å²) in [7, 11) is 1.60. The molecule has 0 aliphatic heterocycles. The molecule has 7 nitrogen and oxygen atoms in total. The van der Waals surface area contributed by atoms with Gasteiger partial charge in [-0.25, -0.2) is 4.79 Å². The summed E-state index contributed by atoms with van der Waals surface area (Å²) >= 11 is 0. The van der Waals surface area contributed by atoms with Gasteiger partial charge in [-0.1, -0.05) is 12.1 Å². The van der Waals surface area contributed by atoms with Gasteiger partial charge in [0.15, 0.2) is 0 Å². The fraction of sp³-hybridized carbons (Fsp3) is 0.267. The van der Waals surface area contributed by atoms with Gasteiger partial charge in [0.25, 0.3) is 0 Å². The number of aryl methyl sites for hydroxylation is 1. The number of hydrogen-bond acceptors (Lipinski definition) is 5. The minimum Gasteiger partial charge on any atom is -0.497 e. The normalized spacial score (nSPS) is 10.1. The van der Waals surface area contributed by atoms with E-state index in [1.165, 1.54) is 0 Å². The summed E-state index contributed by atoms with van der Waals surface area (Å²) in [6.07, 6.45) is 1.55. The Labute approximate surface area is 127 Å². The zero-order chi connectivity index (χ0) is 15.9. The van der Waals surface area contributed by atoms with E-state index >= 15 is 0 Å². The molecule has 0 fully saturated rings. The fourth-order valence-electron chi connectivity index (χ4n) is 1.81. The van der Waals surface area contributed by atoms with Gasteiger partial charge < -0.3 is 20.4 Å². The number of nitrogens with zero attached hydrogens (tertiary/aromatic N) is 1. The first-order chi connectivity index (χ1) is 10.6. The van der Waals surface area contributed by atoms with Crippen molar-refractivity contribution in [3.63, 3.8) is 0 Å². The van der Waals surface area contributed by atoms with Gasteiger partial charge in [-0.15, -0.1) is 0 Å². The van der Waals surface area contributed by atoms with Crippen LogP contribution < -0.4 is 21.1 Å². The second-order valence-corrected chi connectivity index (χ2v) is 4.72. The maximum atomic E-state index is 11.8. The molecule has 22 heavy (non-hydrogen) atoms. The van der Waals surface area contributed by atoms with Gasteiger partial charge >= 0.3 is 5.69 Å². The highest BCUT2D eigenvalue weighted by atomic mass is 16.5. The van der Waals surface area contributed by atoms with Crippen molar-refractivity contribution < 1.29 is 9.53 Å². The summed E-state index contributed by atoms with van der Waals surface area (Å²) in [5.74, 6) is 0.994. The van der Waals surface area contributed by atoms with Crippen LogP contribution in [0.5, 0.6) is 5.75 Å². The number of methoxy groups -OCH3 is 1. The van der Waals surface area contributed by atoms with Crippen LogP contribution in [-0.2, 0) is 11.3 Å². The number of H-pyrrole nitrogens is 1. The van der Waals surface area contributed by atoms with Crippen LogP contribution >= 0.6 is 0 Å². The third kappa shape index (κ3) is 4.34. The van der Waals surface area contributed by atoms with Crippen LogP contribution in [0.25, 0.3) is 0 Å². The number of carbonyl (C=O) groups is 1. The maximum Gasteiger partial charge on any atom is 0.346 e. The molecular weight excluding hydrogens is 284 g/mol. The van der Waals surface area contributed by atoms with Crippen molar-refractivity contribution in [3.8, 4) is 5.75 Å². The lowest BCUT2D eigenvalue weighted by Crippen LogP contribution is -2.30. The number of ether oxygens (including phenoxy) is 1. The maximum absolute atomic E-state index is 11.8. The third-order valence-electron chi connectivity index (χ3n) is 3.06. The monoisotopic (exact) mass is 302 g/mol. The Bertz CT molecular complexity index is 695. The van der Waals surface area contributed by atoms with E-state index in [4.69, 9.17) is 4.74 Å². The van der Waals surface area contributed by atoms with Gasteiger partial charge in [0.05, 0.1) is 13.7 Å². The van der Waals surface area contributed by atoms with Gasteiger partial charge in [-0.2, -0.15) is 4.98 Å². The second-order valence-electron chi connectivity index (χ2n) is 4.72. The Morgan fingerprint density at radius 3 is 2.73 bits per heavy atom. The van der Waals surface area contributed by atoms with Crippen LogP contribution in [0.15, 0.2) is 35.3 Å². The number of hydrogen-bond donors (Lipinski definition) is 3. The molecule has 1 aromatic carbocycles. The van der Waals surface area contributed by atoms with Crippen LogP contribution in [0.2, 0.25) is 0 Å².